The molecule has 2 fully saturated rings. The zero-order valence-electron chi connectivity index (χ0n) is 60.0. The molecule has 510 valence electrons. The van der Waals surface area contributed by atoms with Crippen molar-refractivity contribution in [3.05, 3.63) is 185 Å². The van der Waals surface area contributed by atoms with Gasteiger partial charge in [-0.2, -0.15) is 0 Å². The summed E-state index contributed by atoms with van der Waals surface area (Å²) in [5, 5.41) is 0. The summed E-state index contributed by atoms with van der Waals surface area (Å²) in [5.74, 6) is 7.79. The summed E-state index contributed by atoms with van der Waals surface area (Å²) in [4.78, 5) is 0. The van der Waals surface area contributed by atoms with Crippen molar-refractivity contribution in [1.29, 1.82) is 0 Å². The van der Waals surface area contributed by atoms with Crippen LogP contribution in [-0.2, 0) is 23.7 Å². The molecule has 1 saturated carbocycles. The molecule has 0 amide bonds. The first-order valence-corrected chi connectivity index (χ1v) is 35.4. The molecule has 0 N–H and O–H groups in total. The quantitative estimate of drug-likeness (QED) is 0.0406. The second kappa shape index (κ2) is 45.4. The summed E-state index contributed by atoms with van der Waals surface area (Å²) in [6.07, 6.45) is 15.9. The molecule has 10 atom stereocenters. The van der Waals surface area contributed by atoms with Gasteiger partial charge in [0.15, 0.2) is 18.9 Å². The molecule has 1 heterocycles. The van der Waals surface area contributed by atoms with Gasteiger partial charge < -0.3 is 47.4 Å². The minimum absolute atomic E-state index is 0.0433. The third-order valence-electron chi connectivity index (χ3n) is 17.6. The van der Waals surface area contributed by atoms with Crippen LogP contribution in [0.3, 0.4) is 0 Å². The van der Waals surface area contributed by atoms with E-state index in [9.17, 15) is 0 Å². The Balaban J connectivity index is 0.000000246. The molecule has 1 aliphatic heterocycles. The van der Waals surface area contributed by atoms with Gasteiger partial charge >= 0.3 is 0 Å². The van der Waals surface area contributed by atoms with Crippen LogP contribution < -0.4 is 23.7 Å². The molecular weight excluding hydrogens is 1140 g/mol. The van der Waals surface area contributed by atoms with Crippen LogP contribution in [0.4, 0.5) is 0 Å². The average molecular weight is 1270 g/mol. The van der Waals surface area contributed by atoms with Crippen LogP contribution in [0.1, 0.15) is 270 Å². The van der Waals surface area contributed by atoms with Crippen molar-refractivity contribution in [2.24, 2.45) is 5.92 Å². The topological polar surface area (TPSA) is 92.3 Å². The Morgan fingerprint density at radius 2 is 0.772 bits per heavy atom. The van der Waals surface area contributed by atoms with Gasteiger partial charge in [-0.25, -0.2) is 0 Å². The predicted molar refractivity (Wildman–Crippen MR) is 382 cm³/mol. The van der Waals surface area contributed by atoms with Gasteiger partial charge in [-0.3, -0.25) is 0 Å². The lowest BCUT2D eigenvalue weighted by Gasteiger charge is -2.26. The number of ether oxygens (including phenoxy) is 10. The van der Waals surface area contributed by atoms with E-state index in [0.717, 1.165) is 79.4 Å². The Morgan fingerprint density at radius 1 is 0.380 bits per heavy atom. The maximum Gasteiger partial charge on any atom is 0.226 e. The highest BCUT2D eigenvalue weighted by Crippen LogP contribution is 2.30. The van der Waals surface area contributed by atoms with Crippen molar-refractivity contribution in [2.75, 3.05) is 26.9 Å². The lowest BCUT2D eigenvalue weighted by atomic mass is 9.98. The molecule has 6 aromatic rings. The molecule has 1 aliphatic carbocycles. The minimum atomic E-state index is -0.356. The number of methoxy groups -OCH3 is 1. The molecule has 10 heteroatoms. The summed E-state index contributed by atoms with van der Waals surface area (Å²) in [5.41, 5.74) is 7.86. The Labute approximate surface area is 559 Å². The van der Waals surface area contributed by atoms with Crippen molar-refractivity contribution in [1.82, 2.24) is 0 Å². The van der Waals surface area contributed by atoms with E-state index in [2.05, 4.69) is 175 Å². The van der Waals surface area contributed by atoms with Gasteiger partial charge in [-0.15, -0.1) is 0 Å². The molecule has 10 nitrogen and oxygen atoms in total. The minimum Gasteiger partial charge on any atom is -0.465 e. The van der Waals surface area contributed by atoms with Gasteiger partial charge in [0.2, 0.25) is 12.6 Å². The van der Waals surface area contributed by atoms with Crippen LogP contribution in [0.2, 0.25) is 0 Å². The highest BCUT2D eigenvalue weighted by molar-refractivity contribution is 5.33. The van der Waals surface area contributed by atoms with Gasteiger partial charge in [0.05, 0.1) is 12.7 Å². The Morgan fingerprint density at radius 3 is 1.14 bits per heavy atom. The summed E-state index contributed by atoms with van der Waals surface area (Å²) >= 11 is 0. The number of benzene rings is 6. The van der Waals surface area contributed by atoms with E-state index in [1.807, 2.05) is 87.5 Å². The van der Waals surface area contributed by atoms with Crippen LogP contribution in [0.25, 0.3) is 0 Å². The van der Waals surface area contributed by atoms with E-state index in [-0.39, 0.29) is 31.5 Å². The molecule has 0 radical (unpaired) electrons. The molecule has 92 heavy (non-hydrogen) atoms. The number of hydrogen-bond acceptors (Lipinski definition) is 10. The van der Waals surface area contributed by atoms with E-state index < -0.39 is 0 Å². The first-order valence-electron chi connectivity index (χ1n) is 35.4. The second-order valence-corrected chi connectivity index (χ2v) is 25.1. The molecule has 8 rings (SSSR count). The lowest BCUT2D eigenvalue weighted by Crippen LogP contribution is -2.26. The van der Waals surface area contributed by atoms with Crippen molar-refractivity contribution in [3.8, 4) is 28.7 Å². The number of rotatable bonds is 30. The SMILES string of the molecule is CCC(C)c1ccc(OC(C)OC2CCCCC2)cc1.CCC(C)c1ccc(OC(OC)C(C)C)cc1.CCC(C)c1ccc(OC2CCCCO2)cc1.CCOC(CC)Oc1ccc(C(C)CC)cc1.CCOC(Oc1ccc(C(C)CC)cc1)c1ccccc1. The van der Waals surface area contributed by atoms with Crippen LogP contribution in [0, 0.1) is 5.92 Å². The zero-order valence-corrected chi connectivity index (χ0v) is 60.0. The molecule has 10 unspecified atom stereocenters. The van der Waals surface area contributed by atoms with Crippen molar-refractivity contribution < 1.29 is 47.4 Å². The van der Waals surface area contributed by atoms with Gasteiger partial charge in [-0.05, 0) is 197 Å². The first kappa shape index (κ1) is 78.6. The molecule has 0 spiro atoms. The van der Waals surface area contributed by atoms with E-state index in [1.165, 1.54) is 79.2 Å². The van der Waals surface area contributed by atoms with E-state index in [1.54, 1.807) is 7.11 Å². The van der Waals surface area contributed by atoms with Crippen LogP contribution in [0.15, 0.2) is 152 Å². The van der Waals surface area contributed by atoms with Gasteiger partial charge in [0.1, 0.15) is 28.7 Å². The van der Waals surface area contributed by atoms with Crippen molar-refractivity contribution in [2.45, 2.75) is 268 Å². The van der Waals surface area contributed by atoms with E-state index >= 15 is 0 Å². The molecule has 0 bridgehead atoms. The molecule has 1 saturated heterocycles. The zero-order chi connectivity index (χ0) is 67.0. The summed E-state index contributed by atoms with van der Waals surface area (Å²) in [6, 6.07) is 51.9. The fourth-order valence-electron chi connectivity index (χ4n) is 10.4. The average Bonchev–Trinajstić information content (AvgIpc) is 2.26. The van der Waals surface area contributed by atoms with E-state index in [4.69, 9.17) is 47.4 Å². The molecular formula is C82H122O10. The van der Waals surface area contributed by atoms with Crippen molar-refractivity contribution in [3.63, 3.8) is 0 Å². The molecule has 0 aromatic heterocycles. The van der Waals surface area contributed by atoms with Crippen LogP contribution in [0.5, 0.6) is 28.7 Å². The smallest absolute Gasteiger partial charge is 0.226 e. The summed E-state index contributed by atoms with van der Waals surface area (Å²) < 4.78 is 57.2. The second-order valence-electron chi connectivity index (χ2n) is 25.1. The predicted octanol–water partition coefficient (Wildman–Crippen LogP) is 23.3. The van der Waals surface area contributed by atoms with Crippen LogP contribution >= 0.6 is 0 Å². The maximum absolute atomic E-state index is 5.99. The third-order valence-corrected chi connectivity index (χ3v) is 17.6. The summed E-state index contributed by atoms with van der Waals surface area (Å²) in [7, 11) is 1.68. The molecule has 2 aliphatic rings. The maximum atomic E-state index is 5.99. The largest absolute Gasteiger partial charge is 0.465 e. The standard InChI is InChI=1S/C19H24O2.C18H28O2.C15H22O2.2C15H24O2/c1-4-15(3)16-11-13-18(14-12-16)21-19(20-5-2)17-9-7-6-8-10-17;1-4-14(2)16-10-12-18(13-11-16)20-15(3)19-17-8-6-5-7-9-17;1-3-12(2)13-7-9-14(10-8-13)17-15-6-4-5-11-16-15;1-6-12(4)13-7-9-14(10-8-13)17-15(16-5)11(2)3;1-5-12(4)13-8-10-14(11-9-13)17-15(6-2)16-7-3/h6-15,19H,4-5H2,1-3H3;10-15,17H,4-9H2,1-3H3;7-10,12,15H,3-6,11H2,1-2H3;7-12,15H,6H2,1-5H3;8-12,15H,5-7H2,1-4H3. The first-order chi connectivity index (χ1) is 44.5. The Kier molecular flexibility index (Phi) is 38.8. The lowest BCUT2D eigenvalue weighted by molar-refractivity contribution is -0.116. The highest BCUT2D eigenvalue weighted by atomic mass is 16.7. The fourth-order valence-corrected chi connectivity index (χ4v) is 10.4. The van der Waals surface area contributed by atoms with Gasteiger partial charge in [-0.1, -0.05) is 200 Å². The number of hydrogen-bond donors (Lipinski definition) is 0. The van der Waals surface area contributed by atoms with Gasteiger partial charge in [0.25, 0.3) is 0 Å². The monoisotopic (exact) mass is 1270 g/mol. The van der Waals surface area contributed by atoms with Crippen LogP contribution in [-0.4, -0.2) is 58.2 Å². The molecule has 6 aromatic carbocycles. The van der Waals surface area contributed by atoms with Crippen molar-refractivity contribution >= 4 is 0 Å². The summed E-state index contributed by atoms with van der Waals surface area (Å²) in [6.45, 7) is 36.6. The highest BCUT2D eigenvalue weighted by Gasteiger charge is 2.20. The Bertz CT molecular complexity index is 2670. The Hall–Kier alpha value is -5.88. The van der Waals surface area contributed by atoms with Gasteiger partial charge in [0, 0.05) is 44.6 Å². The normalized spacial score (nSPS) is 16.8. The van der Waals surface area contributed by atoms with E-state index in [0.29, 0.717) is 54.8 Å². The fraction of sp³-hybridized carbons (Fsp3) is 0.561. The third kappa shape index (κ3) is 29.6.